The van der Waals surface area contributed by atoms with Crippen LogP contribution in [0.25, 0.3) is 0 Å². The minimum atomic E-state index is -0.245. The van der Waals surface area contributed by atoms with Crippen LogP contribution in [0.2, 0.25) is 0 Å². The number of hydrogen-bond donors (Lipinski definition) is 1. The van der Waals surface area contributed by atoms with Crippen LogP contribution < -0.4 is 5.32 Å². The van der Waals surface area contributed by atoms with Gasteiger partial charge in [-0.25, -0.2) is 4.39 Å². The van der Waals surface area contributed by atoms with Crippen molar-refractivity contribution >= 4 is 6.41 Å². The number of carbonyl (C=O) groups excluding carboxylic acids is 1. The summed E-state index contributed by atoms with van der Waals surface area (Å²) in [5.74, 6) is -0.245. The van der Waals surface area contributed by atoms with Gasteiger partial charge in [-0.15, -0.1) is 0 Å². The molecule has 0 aromatic heterocycles. The molecule has 1 amide bonds. The van der Waals surface area contributed by atoms with Gasteiger partial charge in [0.2, 0.25) is 6.41 Å². The molecule has 1 fully saturated rings. The topological polar surface area (TPSA) is 29.1 Å². The first-order valence-electron chi connectivity index (χ1n) is 4.24. The molecule has 1 N–H and O–H groups in total. The summed E-state index contributed by atoms with van der Waals surface area (Å²) in [7, 11) is 0. The summed E-state index contributed by atoms with van der Waals surface area (Å²) in [5, 5.41) is 2.77. The fourth-order valence-corrected chi connectivity index (χ4v) is 1.52. The molecule has 1 saturated carbocycles. The smallest absolute Gasteiger partial charge is 0.207 e. The molecule has 2 rings (SSSR count). The molecule has 1 aliphatic carbocycles. The molecule has 2 nitrogen and oxygen atoms in total. The molecular weight excluding hydrogens is 169 g/mol. The Balaban J connectivity index is 2.25. The van der Waals surface area contributed by atoms with Gasteiger partial charge in [0.1, 0.15) is 5.82 Å². The van der Waals surface area contributed by atoms with E-state index in [0.717, 1.165) is 18.4 Å². The van der Waals surface area contributed by atoms with Crippen LogP contribution in [0.3, 0.4) is 0 Å². The van der Waals surface area contributed by atoms with Gasteiger partial charge in [0.05, 0.1) is 5.54 Å². The Hall–Kier alpha value is -1.38. The van der Waals surface area contributed by atoms with Gasteiger partial charge in [0.25, 0.3) is 0 Å². The van der Waals surface area contributed by atoms with E-state index in [1.807, 2.05) is 0 Å². The summed E-state index contributed by atoms with van der Waals surface area (Å²) < 4.78 is 12.6. The fraction of sp³-hybridized carbons (Fsp3) is 0.300. The largest absolute Gasteiger partial charge is 0.349 e. The van der Waals surface area contributed by atoms with E-state index in [1.54, 1.807) is 12.1 Å². The number of carbonyl (C=O) groups is 1. The minimum absolute atomic E-state index is 0.199. The molecule has 0 aliphatic heterocycles. The summed E-state index contributed by atoms with van der Waals surface area (Å²) in [6, 6.07) is 6.28. The highest BCUT2D eigenvalue weighted by Gasteiger charge is 2.43. The number of benzene rings is 1. The Bertz CT molecular complexity index is 316. The summed E-state index contributed by atoms with van der Waals surface area (Å²) in [6.07, 6.45) is 2.59. The molecule has 1 aliphatic rings. The molecule has 1 aromatic carbocycles. The van der Waals surface area contributed by atoms with Crippen LogP contribution in [-0.2, 0) is 10.3 Å². The van der Waals surface area contributed by atoms with Crippen molar-refractivity contribution in [3.63, 3.8) is 0 Å². The van der Waals surface area contributed by atoms with Gasteiger partial charge in [-0.1, -0.05) is 12.1 Å². The molecule has 0 bridgehead atoms. The zero-order valence-corrected chi connectivity index (χ0v) is 7.09. The zero-order valence-electron chi connectivity index (χ0n) is 7.09. The van der Waals surface area contributed by atoms with Gasteiger partial charge in [0.15, 0.2) is 0 Å². The maximum absolute atomic E-state index is 12.6. The summed E-state index contributed by atoms with van der Waals surface area (Å²) >= 11 is 0. The maximum atomic E-state index is 12.6. The van der Waals surface area contributed by atoms with Crippen LogP contribution in [0.5, 0.6) is 0 Å². The Labute approximate surface area is 75.8 Å². The van der Waals surface area contributed by atoms with Gasteiger partial charge in [-0.3, -0.25) is 4.79 Å². The van der Waals surface area contributed by atoms with Crippen LogP contribution in [0.15, 0.2) is 24.3 Å². The van der Waals surface area contributed by atoms with E-state index in [-0.39, 0.29) is 11.4 Å². The van der Waals surface area contributed by atoms with Crippen LogP contribution >= 0.6 is 0 Å². The Kier molecular flexibility index (Phi) is 1.79. The average molecular weight is 179 g/mol. The number of hydrogen-bond acceptors (Lipinski definition) is 1. The molecule has 1 aromatic rings. The van der Waals surface area contributed by atoms with Gasteiger partial charge >= 0.3 is 0 Å². The van der Waals surface area contributed by atoms with Crippen molar-refractivity contribution in [1.29, 1.82) is 0 Å². The second-order valence-electron chi connectivity index (χ2n) is 3.35. The molecular formula is C10H10FNO. The van der Waals surface area contributed by atoms with Gasteiger partial charge in [-0.05, 0) is 30.5 Å². The third kappa shape index (κ3) is 1.41. The van der Waals surface area contributed by atoms with Crippen molar-refractivity contribution in [3.8, 4) is 0 Å². The lowest BCUT2D eigenvalue weighted by Crippen LogP contribution is -2.27. The highest BCUT2D eigenvalue weighted by atomic mass is 19.1. The zero-order chi connectivity index (χ0) is 9.31. The predicted octanol–water partition coefficient (Wildman–Crippen LogP) is 1.56. The monoisotopic (exact) mass is 179 g/mol. The fourth-order valence-electron chi connectivity index (χ4n) is 1.52. The quantitative estimate of drug-likeness (QED) is 0.701. The number of rotatable bonds is 3. The molecule has 3 heteroatoms. The SMILES string of the molecule is O=CNC1(c2ccc(F)cc2)CC1. The van der Waals surface area contributed by atoms with E-state index in [2.05, 4.69) is 5.32 Å². The van der Waals surface area contributed by atoms with Crippen LogP contribution in [-0.4, -0.2) is 6.41 Å². The second kappa shape index (κ2) is 2.83. The Morgan fingerprint density at radius 1 is 1.31 bits per heavy atom. The third-order valence-corrected chi connectivity index (χ3v) is 2.48. The highest BCUT2D eigenvalue weighted by molar-refractivity contribution is 5.51. The first kappa shape index (κ1) is 8.23. The van der Waals surface area contributed by atoms with E-state index >= 15 is 0 Å². The second-order valence-corrected chi connectivity index (χ2v) is 3.35. The van der Waals surface area contributed by atoms with Crippen molar-refractivity contribution in [2.45, 2.75) is 18.4 Å². The molecule has 13 heavy (non-hydrogen) atoms. The van der Waals surface area contributed by atoms with Crippen molar-refractivity contribution < 1.29 is 9.18 Å². The van der Waals surface area contributed by atoms with Crippen molar-refractivity contribution in [3.05, 3.63) is 35.6 Å². The summed E-state index contributed by atoms with van der Waals surface area (Å²) in [4.78, 5) is 10.3. The molecule has 0 unspecified atom stereocenters. The first-order chi connectivity index (χ1) is 6.27. The summed E-state index contributed by atoms with van der Waals surface area (Å²) in [5.41, 5.74) is 0.788. The van der Waals surface area contributed by atoms with Gasteiger partial charge in [0, 0.05) is 0 Å². The Morgan fingerprint density at radius 3 is 2.38 bits per heavy atom. The molecule has 68 valence electrons. The van der Waals surface area contributed by atoms with Crippen LogP contribution in [0.4, 0.5) is 4.39 Å². The number of amides is 1. The van der Waals surface area contributed by atoms with Crippen LogP contribution in [0.1, 0.15) is 18.4 Å². The van der Waals surface area contributed by atoms with E-state index in [1.165, 1.54) is 12.1 Å². The molecule has 0 atom stereocenters. The molecule has 0 spiro atoms. The molecule has 0 saturated heterocycles. The van der Waals surface area contributed by atoms with Crippen molar-refractivity contribution in [2.24, 2.45) is 0 Å². The molecule has 0 heterocycles. The maximum Gasteiger partial charge on any atom is 0.207 e. The van der Waals surface area contributed by atoms with E-state index < -0.39 is 0 Å². The van der Waals surface area contributed by atoms with E-state index in [0.29, 0.717) is 6.41 Å². The highest BCUT2D eigenvalue weighted by Crippen LogP contribution is 2.44. The number of nitrogens with one attached hydrogen (secondary N) is 1. The van der Waals surface area contributed by atoms with Gasteiger partial charge < -0.3 is 5.32 Å². The minimum Gasteiger partial charge on any atom is -0.349 e. The van der Waals surface area contributed by atoms with Crippen LogP contribution in [0, 0.1) is 5.82 Å². The lowest BCUT2D eigenvalue weighted by atomic mass is 10.1. The lowest BCUT2D eigenvalue weighted by molar-refractivity contribution is -0.110. The van der Waals surface area contributed by atoms with Crippen molar-refractivity contribution in [2.75, 3.05) is 0 Å². The van der Waals surface area contributed by atoms with E-state index in [9.17, 15) is 9.18 Å². The predicted molar refractivity (Wildman–Crippen MR) is 46.5 cm³/mol. The Morgan fingerprint density at radius 2 is 1.92 bits per heavy atom. The average Bonchev–Trinajstić information content (AvgIpc) is 2.87. The third-order valence-electron chi connectivity index (χ3n) is 2.48. The van der Waals surface area contributed by atoms with Gasteiger partial charge in [-0.2, -0.15) is 0 Å². The first-order valence-corrected chi connectivity index (χ1v) is 4.24. The van der Waals surface area contributed by atoms with E-state index in [4.69, 9.17) is 0 Å². The standard InChI is InChI=1S/C10H10FNO/c11-9-3-1-8(2-4-9)10(5-6-10)12-7-13/h1-4,7H,5-6H2,(H,12,13). The van der Waals surface area contributed by atoms with Crippen molar-refractivity contribution in [1.82, 2.24) is 5.32 Å². The normalized spacial score (nSPS) is 17.9. The number of halogens is 1. The lowest BCUT2D eigenvalue weighted by Gasteiger charge is -2.13. The summed E-state index contributed by atoms with van der Waals surface area (Å²) in [6.45, 7) is 0. The molecule has 0 radical (unpaired) electrons.